The van der Waals surface area contributed by atoms with Crippen LogP contribution in [0.3, 0.4) is 0 Å². The highest BCUT2D eigenvalue weighted by atomic mass is 32.2. The van der Waals surface area contributed by atoms with E-state index >= 15 is 0 Å². The highest BCUT2D eigenvalue weighted by Gasteiger charge is 2.40. The average Bonchev–Trinajstić information content (AvgIpc) is 3.17. The van der Waals surface area contributed by atoms with Crippen molar-refractivity contribution in [3.05, 3.63) is 29.8 Å². The highest BCUT2D eigenvalue weighted by molar-refractivity contribution is 7.99. The number of carbonyl (C=O) groups excluding carboxylic acids is 1. The van der Waals surface area contributed by atoms with Gasteiger partial charge in [0.2, 0.25) is 0 Å². The number of carbonyl (C=O) groups is 1. The zero-order valence-electron chi connectivity index (χ0n) is 14.9. The summed E-state index contributed by atoms with van der Waals surface area (Å²) in [6, 6.07) is 9.39. The van der Waals surface area contributed by atoms with Crippen LogP contribution in [-0.2, 0) is 16.0 Å². The Morgan fingerprint density at radius 1 is 1.35 bits per heavy atom. The molecular weight excluding hydrogens is 350 g/mol. The average molecular weight is 375 g/mol. The van der Waals surface area contributed by atoms with Gasteiger partial charge in [0.15, 0.2) is 6.61 Å². The minimum absolute atomic E-state index is 0.00390. The van der Waals surface area contributed by atoms with Crippen molar-refractivity contribution in [2.45, 2.75) is 18.4 Å². The molecule has 1 unspecified atom stereocenters. The quantitative estimate of drug-likeness (QED) is 0.778. The summed E-state index contributed by atoms with van der Waals surface area (Å²) < 4.78 is 11.0. The first-order chi connectivity index (χ1) is 12.7. The molecule has 1 amide bonds. The molecule has 1 aromatic rings. The van der Waals surface area contributed by atoms with Crippen molar-refractivity contribution < 1.29 is 14.3 Å². The van der Waals surface area contributed by atoms with Gasteiger partial charge >= 0.3 is 0 Å². The standard InChI is InChI=1S/C19H25N3O3S/c20-7-5-16-1-3-17(4-2-16)25-13-18(23)21-14-19(6-12-26-15-19)22-8-10-24-11-9-22/h1-4H,5-6,8-15H2,(H,21,23). The van der Waals surface area contributed by atoms with E-state index in [4.69, 9.17) is 14.7 Å². The lowest BCUT2D eigenvalue weighted by Gasteiger charge is -2.43. The Bertz CT molecular complexity index is 632. The maximum atomic E-state index is 12.2. The number of morpholine rings is 1. The summed E-state index contributed by atoms with van der Waals surface area (Å²) in [6.45, 7) is 4.06. The van der Waals surface area contributed by atoms with Crippen LogP contribution in [0.15, 0.2) is 24.3 Å². The molecule has 7 heteroatoms. The summed E-state index contributed by atoms with van der Waals surface area (Å²) in [5, 5.41) is 11.7. The van der Waals surface area contributed by atoms with E-state index in [0.29, 0.717) is 18.7 Å². The number of benzene rings is 1. The molecule has 0 saturated carbocycles. The van der Waals surface area contributed by atoms with Crippen molar-refractivity contribution in [1.29, 1.82) is 5.26 Å². The molecule has 2 aliphatic heterocycles. The van der Waals surface area contributed by atoms with Crippen molar-refractivity contribution >= 4 is 17.7 Å². The van der Waals surface area contributed by atoms with Crippen LogP contribution < -0.4 is 10.1 Å². The Hall–Kier alpha value is -1.75. The molecule has 6 nitrogen and oxygen atoms in total. The fourth-order valence-electron chi connectivity index (χ4n) is 3.39. The van der Waals surface area contributed by atoms with E-state index in [-0.39, 0.29) is 18.1 Å². The van der Waals surface area contributed by atoms with Crippen LogP contribution in [-0.4, -0.2) is 67.3 Å². The van der Waals surface area contributed by atoms with Gasteiger partial charge in [-0.1, -0.05) is 12.1 Å². The number of amides is 1. The molecule has 26 heavy (non-hydrogen) atoms. The molecule has 0 aromatic heterocycles. The lowest BCUT2D eigenvalue weighted by atomic mass is 9.95. The Morgan fingerprint density at radius 2 is 2.12 bits per heavy atom. The molecular formula is C19H25N3O3S. The van der Waals surface area contributed by atoms with E-state index in [0.717, 1.165) is 49.8 Å². The summed E-state index contributed by atoms with van der Waals surface area (Å²) in [4.78, 5) is 14.7. The van der Waals surface area contributed by atoms with E-state index in [1.54, 1.807) is 12.1 Å². The van der Waals surface area contributed by atoms with Gasteiger partial charge in [-0.3, -0.25) is 9.69 Å². The molecule has 2 fully saturated rings. The molecule has 0 radical (unpaired) electrons. The smallest absolute Gasteiger partial charge is 0.258 e. The van der Waals surface area contributed by atoms with E-state index in [2.05, 4.69) is 16.3 Å². The zero-order valence-corrected chi connectivity index (χ0v) is 15.7. The van der Waals surface area contributed by atoms with Gasteiger partial charge < -0.3 is 14.8 Å². The Labute approximate surface area is 158 Å². The first kappa shape index (κ1) is 19.0. The van der Waals surface area contributed by atoms with Gasteiger partial charge in [-0.05, 0) is 29.9 Å². The van der Waals surface area contributed by atoms with Crippen molar-refractivity contribution in [1.82, 2.24) is 10.2 Å². The molecule has 1 atom stereocenters. The molecule has 0 spiro atoms. The number of hydrogen-bond donors (Lipinski definition) is 1. The first-order valence-corrected chi connectivity index (χ1v) is 10.1. The minimum atomic E-state index is -0.101. The van der Waals surface area contributed by atoms with Gasteiger partial charge in [0.05, 0.1) is 25.7 Å². The number of thioether (sulfide) groups is 1. The fourth-order valence-corrected chi connectivity index (χ4v) is 4.87. The maximum Gasteiger partial charge on any atom is 0.258 e. The molecule has 3 rings (SSSR count). The van der Waals surface area contributed by atoms with E-state index in [1.807, 2.05) is 23.9 Å². The largest absolute Gasteiger partial charge is 0.484 e. The van der Waals surface area contributed by atoms with Crippen LogP contribution in [0.2, 0.25) is 0 Å². The Morgan fingerprint density at radius 3 is 2.77 bits per heavy atom. The maximum absolute atomic E-state index is 12.2. The van der Waals surface area contributed by atoms with E-state index < -0.39 is 0 Å². The van der Waals surface area contributed by atoms with Crippen LogP contribution >= 0.6 is 11.8 Å². The number of rotatable bonds is 7. The first-order valence-electron chi connectivity index (χ1n) is 8.98. The third-order valence-corrected chi connectivity index (χ3v) is 6.19. The predicted molar refractivity (Wildman–Crippen MR) is 101 cm³/mol. The van der Waals surface area contributed by atoms with Gasteiger partial charge in [0, 0.05) is 30.9 Å². The molecule has 0 aliphatic carbocycles. The van der Waals surface area contributed by atoms with E-state index in [1.165, 1.54) is 0 Å². The molecule has 140 valence electrons. The summed E-state index contributed by atoms with van der Waals surface area (Å²) >= 11 is 1.95. The lowest BCUT2D eigenvalue weighted by molar-refractivity contribution is -0.123. The highest BCUT2D eigenvalue weighted by Crippen LogP contribution is 2.33. The van der Waals surface area contributed by atoms with Crippen LogP contribution in [0.4, 0.5) is 0 Å². The number of nitrogens with zero attached hydrogens (tertiary/aromatic N) is 2. The normalized spacial score (nSPS) is 23.3. The number of hydrogen-bond acceptors (Lipinski definition) is 6. The molecule has 2 saturated heterocycles. The zero-order chi connectivity index (χ0) is 18.2. The van der Waals surface area contributed by atoms with Crippen LogP contribution in [0.25, 0.3) is 0 Å². The third-order valence-electron chi connectivity index (χ3n) is 4.96. The van der Waals surface area contributed by atoms with Gasteiger partial charge in [-0.2, -0.15) is 17.0 Å². The summed E-state index contributed by atoms with van der Waals surface area (Å²) in [5.41, 5.74) is 0.985. The third kappa shape index (κ3) is 4.91. The Kier molecular flexibility index (Phi) is 6.78. The minimum Gasteiger partial charge on any atom is -0.484 e. The number of ether oxygens (including phenoxy) is 2. The number of nitriles is 1. The van der Waals surface area contributed by atoms with Crippen LogP contribution in [0.1, 0.15) is 12.0 Å². The van der Waals surface area contributed by atoms with Crippen molar-refractivity contribution in [2.75, 3.05) is 51.0 Å². The van der Waals surface area contributed by atoms with E-state index in [9.17, 15) is 4.79 Å². The van der Waals surface area contributed by atoms with Crippen molar-refractivity contribution in [3.8, 4) is 11.8 Å². The van der Waals surface area contributed by atoms with Gasteiger partial charge in [0.1, 0.15) is 5.75 Å². The molecule has 1 N–H and O–H groups in total. The summed E-state index contributed by atoms with van der Waals surface area (Å²) in [7, 11) is 0. The summed E-state index contributed by atoms with van der Waals surface area (Å²) in [5.74, 6) is 2.73. The fraction of sp³-hybridized carbons (Fsp3) is 0.579. The molecule has 1 aromatic carbocycles. The second-order valence-corrected chi connectivity index (χ2v) is 7.78. The monoisotopic (exact) mass is 375 g/mol. The Balaban J connectivity index is 1.47. The van der Waals surface area contributed by atoms with Gasteiger partial charge in [-0.15, -0.1) is 0 Å². The van der Waals surface area contributed by atoms with Gasteiger partial charge in [0.25, 0.3) is 5.91 Å². The summed E-state index contributed by atoms with van der Waals surface area (Å²) in [6.07, 6.45) is 1.47. The predicted octanol–water partition coefficient (Wildman–Crippen LogP) is 1.46. The lowest BCUT2D eigenvalue weighted by Crippen LogP contribution is -2.59. The van der Waals surface area contributed by atoms with Gasteiger partial charge in [-0.25, -0.2) is 0 Å². The molecule has 2 heterocycles. The second kappa shape index (κ2) is 9.26. The van der Waals surface area contributed by atoms with Crippen molar-refractivity contribution in [2.24, 2.45) is 0 Å². The topological polar surface area (TPSA) is 74.6 Å². The SMILES string of the molecule is N#CCc1ccc(OCC(=O)NCC2(N3CCOCC3)CCSC2)cc1. The molecule has 2 aliphatic rings. The molecule has 0 bridgehead atoms. The van der Waals surface area contributed by atoms with Crippen LogP contribution in [0.5, 0.6) is 5.75 Å². The number of nitrogens with one attached hydrogen (secondary N) is 1. The van der Waals surface area contributed by atoms with Crippen molar-refractivity contribution in [3.63, 3.8) is 0 Å². The second-order valence-electron chi connectivity index (χ2n) is 6.67. The van der Waals surface area contributed by atoms with Crippen LogP contribution in [0, 0.1) is 11.3 Å².